The van der Waals surface area contributed by atoms with Crippen LogP contribution in [0, 0.1) is 5.92 Å². The van der Waals surface area contributed by atoms with E-state index in [0.29, 0.717) is 25.7 Å². The van der Waals surface area contributed by atoms with Crippen molar-refractivity contribution in [2.24, 2.45) is 28.1 Å². The van der Waals surface area contributed by atoms with Crippen molar-refractivity contribution in [3.8, 4) is 0 Å². The lowest BCUT2D eigenvalue weighted by Crippen LogP contribution is -2.60. The number of fused-ring (bicyclic) bond motifs is 1. The molecule has 258 valence electrons. The van der Waals surface area contributed by atoms with E-state index in [1.165, 1.54) is 4.90 Å². The third-order valence-electron chi connectivity index (χ3n) is 8.48. The standard InChI is InChI=1S/C32H49N9O6/c1-5-18(2)25(27(43)38-22(29(45)46)12-8-14-36-31(33)34)40-26(42)24-13-9-15-41(24)28(44)23(39-30(47)32(3,4)35)16-19-17-37-21-11-7-6-10-20(19)21/h6-7,10-11,17-18,22-25,37H,5,8-9,12-16,35H2,1-4H3,(H,38,43)(H,39,47)(H,40,42)(H,45,46)(H4,33,34,36)/t18-,22-,23+,24+,25+/m0/s1. The van der Waals surface area contributed by atoms with Crippen molar-refractivity contribution >= 4 is 46.5 Å². The summed E-state index contributed by atoms with van der Waals surface area (Å²) < 4.78 is 0. The van der Waals surface area contributed by atoms with E-state index in [1.54, 1.807) is 27.0 Å². The number of nitrogens with two attached hydrogens (primary N) is 3. The number of aliphatic imine (C=N–C) groups is 1. The van der Waals surface area contributed by atoms with Crippen LogP contribution in [0.15, 0.2) is 35.5 Å². The highest BCUT2D eigenvalue weighted by molar-refractivity contribution is 5.97. The molecule has 0 saturated carbocycles. The van der Waals surface area contributed by atoms with Crippen molar-refractivity contribution in [1.82, 2.24) is 25.8 Å². The molecule has 0 bridgehead atoms. The largest absolute Gasteiger partial charge is 0.480 e. The first-order chi connectivity index (χ1) is 22.1. The van der Waals surface area contributed by atoms with Gasteiger partial charge in [-0.1, -0.05) is 38.5 Å². The van der Waals surface area contributed by atoms with Gasteiger partial charge in [0.05, 0.1) is 5.54 Å². The summed E-state index contributed by atoms with van der Waals surface area (Å²) in [6.07, 6.45) is 3.75. The first-order valence-electron chi connectivity index (χ1n) is 16.0. The molecule has 1 aliphatic heterocycles. The van der Waals surface area contributed by atoms with E-state index in [4.69, 9.17) is 17.2 Å². The maximum Gasteiger partial charge on any atom is 0.326 e. The van der Waals surface area contributed by atoms with Crippen LogP contribution in [0.4, 0.5) is 0 Å². The van der Waals surface area contributed by atoms with Gasteiger partial charge in [0, 0.05) is 36.6 Å². The van der Waals surface area contributed by atoms with Crippen molar-refractivity contribution in [3.05, 3.63) is 36.0 Å². The van der Waals surface area contributed by atoms with Gasteiger partial charge >= 0.3 is 5.97 Å². The normalized spacial score (nSPS) is 17.3. The van der Waals surface area contributed by atoms with Gasteiger partial charge in [0.1, 0.15) is 24.2 Å². The molecule has 4 amide bonds. The van der Waals surface area contributed by atoms with Gasteiger partial charge in [-0.05, 0) is 57.1 Å². The average molecular weight is 656 g/mol. The predicted molar refractivity (Wildman–Crippen MR) is 178 cm³/mol. The van der Waals surface area contributed by atoms with E-state index >= 15 is 0 Å². The van der Waals surface area contributed by atoms with Crippen LogP contribution in [0.2, 0.25) is 0 Å². The van der Waals surface area contributed by atoms with E-state index in [2.05, 4.69) is 25.9 Å². The molecule has 0 radical (unpaired) electrons. The summed E-state index contributed by atoms with van der Waals surface area (Å²) in [7, 11) is 0. The minimum atomic E-state index is -1.25. The minimum absolute atomic E-state index is 0.0765. The third-order valence-corrected chi connectivity index (χ3v) is 8.48. The smallest absolute Gasteiger partial charge is 0.326 e. The molecule has 15 nitrogen and oxygen atoms in total. The Kier molecular flexibility index (Phi) is 12.7. The summed E-state index contributed by atoms with van der Waals surface area (Å²) >= 11 is 0. The lowest BCUT2D eigenvalue weighted by atomic mass is 9.97. The number of aliphatic carboxylic acids is 1. The van der Waals surface area contributed by atoms with Crippen LogP contribution in [-0.2, 0) is 30.4 Å². The lowest BCUT2D eigenvalue weighted by Gasteiger charge is -2.32. The van der Waals surface area contributed by atoms with Crippen molar-refractivity contribution in [1.29, 1.82) is 0 Å². The van der Waals surface area contributed by atoms with Gasteiger partial charge in [-0.2, -0.15) is 0 Å². The Morgan fingerprint density at radius 1 is 1.11 bits per heavy atom. The fourth-order valence-electron chi connectivity index (χ4n) is 5.54. The van der Waals surface area contributed by atoms with Gasteiger partial charge in [0.2, 0.25) is 23.6 Å². The number of amides is 4. The second kappa shape index (κ2) is 16.3. The minimum Gasteiger partial charge on any atom is -0.480 e. The number of aromatic amines is 1. The number of nitrogens with zero attached hydrogens (tertiary/aromatic N) is 2. The summed E-state index contributed by atoms with van der Waals surface area (Å²) in [5.41, 5.74) is 17.1. The zero-order chi connectivity index (χ0) is 34.9. The number of H-pyrrole nitrogens is 1. The Bertz CT molecular complexity index is 1460. The van der Waals surface area contributed by atoms with Gasteiger partial charge in [-0.3, -0.25) is 24.2 Å². The molecule has 1 saturated heterocycles. The van der Waals surface area contributed by atoms with Crippen molar-refractivity contribution in [2.45, 2.75) is 95.9 Å². The Morgan fingerprint density at radius 2 is 1.81 bits per heavy atom. The number of para-hydroxylation sites is 1. The van der Waals surface area contributed by atoms with E-state index in [0.717, 1.165) is 16.5 Å². The molecule has 1 fully saturated rings. The van der Waals surface area contributed by atoms with Crippen molar-refractivity contribution in [2.75, 3.05) is 13.1 Å². The highest BCUT2D eigenvalue weighted by Crippen LogP contribution is 2.24. The lowest BCUT2D eigenvalue weighted by molar-refractivity contribution is -0.144. The molecule has 2 aromatic rings. The number of hydrogen-bond donors (Lipinski definition) is 8. The molecule has 1 aromatic heterocycles. The van der Waals surface area contributed by atoms with Gasteiger partial charge in [-0.15, -0.1) is 0 Å². The van der Waals surface area contributed by atoms with Crippen molar-refractivity contribution < 1.29 is 29.1 Å². The van der Waals surface area contributed by atoms with Gasteiger partial charge < -0.3 is 48.1 Å². The van der Waals surface area contributed by atoms with Crippen LogP contribution in [0.25, 0.3) is 10.9 Å². The highest BCUT2D eigenvalue weighted by atomic mass is 16.4. The molecule has 5 atom stereocenters. The topological polar surface area (TPSA) is 251 Å². The number of carboxylic acid groups (broad SMARTS) is 1. The average Bonchev–Trinajstić information content (AvgIpc) is 3.67. The first-order valence-corrected chi connectivity index (χ1v) is 16.0. The Labute approximate surface area is 274 Å². The molecule has 0 unspecified atom stereocenters. The summed E-state index contributed by atoms with van der Waals surface area (Å²) in [6, 6.07) is 3.42. The predicted octanol–water partition coefficient (Wildman–Crippen LogP) is 0.0774. The zero-order valence-electron chi connectivity index (χ0n) is 27.5. The summed E-state index contributed by atoms with van der Waals surface area (Å²) in [4.78, 5) is 74.5. The summed E-state index contributed by atoms with van der Waals surface area (Å²) in [5.74, 6) is -3.83. The number of carboxylic acids is 1. The number of carbonyl (C=O) groups is 5. The Morgan fingerprint density at radius 3 is 2.45 bits per heavy atom. The number of carbonyl (C=O) groups excluding carboxylic acids is 4. The molecule has 0 aliphatic carbocycles. The van der Waals surface area contributed by atoms with E-state index in [1.807, 2.05) is 31.2 Å². The zero-order valence-corrected chi connectivity index (χ0v) is 27.5. The van der Waals surface area contributed by atoms with E-state index < -0.39 is 59.3 Å². The summed E-state index contributed by atoms with van der Waals surface area (Å²) in [6.45, 7) is 7.19. The molecule has 11 N–H and O–H groups in total. The fraction of sp³-hybridized carbons (Fsp3) is 0.562. The van der Waals surface area contributed by atoms with Gasteiger partial charge in [0.15, 0.2) is 5.96 Å². The van der Waals surface area contributed by atoms with Crippen LogP contribution in [0.1, 0.15) is 65.4 Å². The van der Waals surface area contributed by atoms with Gasteiger partial charge in [0.25, 0.3) is 0 Å². The van der Waals surface area contributed by atoms with Crippen LogP contribution in [-0.4, -0.2) is 93.3 Å². The van der Waals surface area contributed by atoms with Crippen LogP contribution >= 0.6 is 0 Å². The SMILES string of the molecule is CC[C@H](C)[C@@H](NC(=O)[C@H]1CCCN1C(=O)[C@@H](Cc1c[nH]c2ccccc12)NC(=O)C(C)(C)N)C(=O)N[C@@H](CCCN=C(N)N)C(=O)O. The number of nitrogens with one attached hydrogen (secondary N) is 4. The van der Waals surface area contributed by atoms with Crippen molar-refractivity contribution in [3.63, 3.8) is 0 Å². The quantitative estimate of drug-likeness (QED) is 0.0691. The Hall–Kier alpha value is -4.66. The number of hydrogen-bond acceptors (Lipinski definition) is 7. The van der Waals surface area contributed by atoms with Crippen LogP contribution in [0.3, 0.4) is 0 Å². The number of likely N-dealkylation sites (tertiary alicyclic amines) is 1. The molecular formula is C32H49N9O6. The highest BCUT2D eigenvalue weighted by Gasteiger charge is 2.40. The third kappa shape index (κ3) is 9.91. The van der Waals surface area contributed by atoms with E-state index in [9.17, 15) is 29.1 Å². The number of rotatable bonds is 16. The number of benzene rings is 1. The number of guanidine groups is 1. The molecule has 3 rings (SSSR count). The molecule has 15 heteroatoms. The first kappa shape index (κ1) is 36.8. The second-order valence-corrected chi connectivity index (χ2v) is 12.7. The molecule has 0 spiro atoms. The van der Waals surface area contributed by atoms with Gasteiger partial charge in [-0.25, -0.2) is 4.79 Å². The molecule has 1 aliphatic rings. The maximum atomic E-state index is 14.1. The Balaban J connectivity index is 1.79. The molecule has 2 heterocycles. The molecule has 47 heavy (non-hydrogen) atoms. The summed E-state index contributed by atoms with van der Waals surface area (Å²) in [5, 5.41) is 18.7. The number of aromatic nitrogens is 1. The molecule has 1 aromatic carbocycles. The fourth-order valence-corrected chi connectivity index (χ4v) is 5.54. The van der Waals surface area contributed by atoms with Crippen LogP contribution in [0.5, 0.6) is 0 Å². The van der Waals surface area contributed by atoms with Crippen LogP contribution < -0.4 is 33.2 Å². The molecular weight excluding hydrogens is 606 g/mol. The maximum absolute atomic E-state index is 14.1. The van der Waals surface area contributed by atoms with E-state index in [-0.39, 0.29) is 37.8 Å². The monoisotopic (exact) mass is 655 g/mol. The second-order valence-electron chi connectivity index (χ2n) is 12.7.